The molecule has 0 heterocycles. The highest BCUT2D eigenvalue weighted by atomic mass is 127. The molecule has 0 spiro atoms. The summed E-state index contributed by atoms with van der Waals surface area (Å²) in [5.41, 5.74) is 3.87. The van der Waals surface area contributed by atoms with Crippen molar-refractivity contribution in [3.8, 4) is 0 Å². The van der Waals surface area contributed by atoms with Crippen LogP contribution in [-0.2, 0) is 6.54 Å². The molecule has 1 aliphatic carbocycles. The Morgan fingerprint density at radius 2 is 2.00 bits per heavy atom. The molecule has 0 saturated carbocycles. The maximum Gasteiger partial charge on any atom is 0.116 e. The Labute approximate surface area is 174 Å². The minimum absolute atomic E-state index is 0.0374. The van der Waals surface area contributed by atoms with E-state index in [9.17, 15) is 5.11 Å². The number of benzene rings is 1. The first kappa shape index (κ1) is 21.9. The van der Waals surface area contributed by atoms with E-state index in [-0.39, 0.29) is 5.16 Å². The Morgan fingerprint density at radius 1 is 1.31 bits per heavy atom. The molecule has 2 nitrogen and oxygen atoms in total. The van der Waals surface area contributed by atoms with Gasteiger partial charge in [-0.15, -0.1) is 0 Å². The summed E-state index contributed by atoms with van der Waals surface area (Å²) in [6.07, 6.45) is 5.34. The fourth-order valence-electron chi connectivity index (χ4n) is 3.29. The Hall–Kier alpha value is -0.380. The Balaban J connectivity index is 2.38. The van der Waals surface area contributed by atoms with E-state index in [1.54, 1.807) is 0 Å². The molecule has 0 aromatic heterocycles. The summed E-state index contributed by atoms with van der Waals surface area (Å²) in [6, 6.07) is 7.09. The van der Waals surface area contributed by atoms with Gasteiger partial charge >= 0.3 is 0 Å². The van der Waals surface area contributed by atoms with Crippen molar-refractivity contribution in [2.75, 3.05) is 0 Å². The summed E-state index contributed by atoms with van der Waals surface area (Å²) in [6.45, 7) is 14.3. The molecule has 0 amide bonds. The van der Waals surface area contributed by atoms with Gasteiger partial charge in [0.2, 0.25) is 0 Å². The number of nitrogens with one attached hydrogen (secondary N) is 1. The normalized spacial score (nSPS) is 23.2. The van der Waals surface area contributed by atoms with Crippen LogP contribution in [0.4, 0.5) is 0 Å². The van der Waals surface area contributed by atoms with E-state index in [0.717, 1.165) is 18.5 Å². The second-order valence-corrected chi connectivity index (χ2v) is 11.2. The quantitative estimate of drug-likeness (QED) is 0.291. The first-order valence-corrected chi connectivity index (χ1v) is 11.8. The van der Waals surface area contributed by atoms with Gasteiger partial charge in [0.15, 0.2) is 0 Å². The van der Waals surface area contributed by atoms with Crippen molar-refractivity contribution in [1.82, 2.24) is 5.32 Å². The lowest BCUT2D eigenvalue weighted by Crippen LogP contribution is -2.31. The molecule has 0 aliphatic heterocycles. The van der Waals surface area contributed by atoms with Crippen LogP contribution in [0.5, 0.6) is 0 Å². The number of hydrogen-bond acceptors (Lipinski definition) is 2. The molecule has 2 N–H and O–H groups in total. The minimum atomic E-state index is -0.0374. The van der Waals surface area contributed by atoms with Crippen LogP contribution >= 0.6 is 31.2 Å². The summed E-state index contributed by atoms with van der Waals surface area (Å²) < 4.78 is 0.366. The molecule has 26 heavy (non-hydrogen) atoms. The van der Waals surface area contributed by atoms with Gasteiger partial charge in [-0.05, 0) is 41.8 Å². The summed E-state index contributed by atoms with van der Waals surface area (Å²) in [5.74, 6) is 0.936. The van der Waals surface area contributed by atoms with Gasteiger partial charge in [-0.1, -0.05) is 90.1 Å². The van der Waals surface area contributed by atoms with E-state index in [1.807, 2.05) is 6.08 Å². The highest BCUT2D eigenvalue weighted by molar-refractivity contribution is 14.1. The standard InChI is InChI=1S/C22H33INOP/c1-7-22(6,18-11-16(5)19(23)12-20(18)25)26-21-15(4)9-8-10-17(21)13-24-14(2)3/h8-12,14,16,19,24-26H,7,13H2,1-6H3. The number of aliphatic hydroxyl groups excluding tert-OH is 1. The van der Waals surface area contributed by atoms with Crippen molar-refractivity contribution < 1.29 is 5.11 Å². The SMILES string of the molecule is CCC(C)(Pc1c(C)cccc1CNC(C)C)C1=CC(C)C(I)C=C1O. The van der Waals surface area contributed by atoms with Crippen LogP contribution in [0.1, 0.15) is 52.2 Å². The van der Waals surface area contributed by atoms with E-state index in [4.69, 9.17) is 0 Å². The van der Waals surface area contributed by atoms with Crippen molar-refractivity contribution >= 4 is 36.5 Å². The highest BCUT2D eigenvalue weighted by Crippen LogP contribution is 2.46. The third-order valence-corrected chi connectivity index (χ3v) is 8.92. The van der Waals surface area contributed by atoms with Gasteiger partial charge in [-0.3, -0.25) is 0 Å². The number of allylic oxidation sites excluding steroid dienone is 3. The van der Waals surface area contributed by atoms with Crippen LogP contribution in [0.3, 0.4) is 0 Å². The Morgan fingerprint density at radius 3 is 2.62 bits per heavy atom. The van der Waals surface area contributed by atoms with Crippen LogP contribution in [0.2, 0.25) is 0 Å². The molecule has 0 radical (unpaired) electrons. The fraction of sp³-hybridized carbons (Fsp3) is 0.545. The zero-order valence-corrected chi connectivity index (χ0v) is 20.0. The van der Waals surface area contributed by atoms with Crippen molar-refractivity contribution in [3.05, 3.63) is 52.8 Å². The number of alkyl halides is 1. The molecular formula is C22H33INOP. The zero-order valence-electron chi connectivity index (χ0n) is 16.9. The van der Waals surface area contributed by atoms with Crippen molar-refractivity contribution in [2.24, 2.45) is 5.92 Å². The molecule has 2 rings (SSSR count). The first-order valence-electron chi connectivity index (χ1n) is 9.55. The minimum Gasteiger partial charge on any atom is -0.508 e. The van der Waals surface area contributed by atoms with Crippen LogP contribution in [0.25, 0.3) is 0 Å². The van der Waals surface area contributed by atoms with Gasteiger partial charge in [0, 0.05) is 27.2 Å². The largest absolute Gasteiger partial charge is 0.508 e. The molecule has 1 aromatic rings. The molecule has 4 atom stereocenters. The van der Waals surface area contributed by atoms with E-state index in [2.05, 4.69) is 93.7 Å². The van der Waals surface area contributed by atoms with E-state index in [1.165, 1.54) is 16.4 Å². The number of aryl methyl sites for hydroxylation is 1. The van der Waals surface area contributed by atoms with E-state index < -0.39 is 0 Å². The molecule has 0 saturated heterocycles. The first-order chi connectivity index (χ1) is 12.2. The number of hydrogen-bond donors (Lipinski definition) is 2. The number of rotatable bonds is 7. The summed E-state index contributed by atoms with van der Waals surface area (Å²) in [5, 5.41) is 15.7. The third-order valence-electron chi connectivity index (χ3n) is 5.29. The number of halogens is 1. The van der Waals surface area contributed by atoms with Crippen LogP contribution in [0, 0.1) is 12.8 Å². The fourth-order valence-corrected chi connectivity index (χ4v) is 5.53. The smallest absolute Gasteiger partial charge is 0.116 e. The lowest BCUT2D eigenvalue weighted by molar-refractivity contribution is 0.400. The Bertz CT molecular complexity index is 697. The van der Waals surface area contributed by atoms with Gasteiger partial charge in [-0.2, -0.15) is 0 Å². The van der Waals surface area contributed by atoms with Crippen LogP contribution in [-0.4, -0.2) is 20.2 Å². The van der Waals surface area contributed by atoms with E-state index in [0.29, 0.717) is 30.2 Å². The molecule has 4 heteroatoms. The molecule has 0 fully saturated rings. The summed E-state index contributed by atoms with van der Waals surface area (Å²) >= 11 is 2.41. The number of aliphatic hydroxyl groups is 1. The molecule has 144 valence electrons. The van der Waals surface area contributed by atoms with Gasteiger partial charge in [-0.25, -0.2) is 0 Å². The van der Waals surface area contributed by atoms with Gasteiger partial charge in [0.25, 0.3) is 0 Å². The monoisotopic (exact) mass is 485 g/mol. The lowest BCUT2D eigenvalue weighted by atomic mass is 9.87. The average molecular weight is 485 g/mol. The van der Waals surface area contributed by atoms with Crippen LogP contribution < -0.4 is 10.6 Å². The summed E-state index contributed by atoms with van der Waals surface area (Å²) in [7, 11) is 0.637. The van der Waals surface area contributed by atoms with E-state index >= 15 is 0 Å². The van der Waals surface area contributed by atoms with Crippen molar-refractivity contribution in [3.63, 3.8) is 0 Å². The van der Waals surface area contributed by atoms with Gasteiger partial charge in [0.05, 0.1) is 0 Å². The molecule has 0 bridgehead atoms. The third kappa shape index (κ3) is 5.11. The Kier molecular flexibility index (Phi) is 7.76. The maximum atomic E-state index is 10.7. The second kappa shape index (κ2) is 9.21. The molecule has 4 unspecified atom stereocenters. The maximum absolute atomic E-state index is 10.7. The predicted octanol–water partition coefficient (Wildman–Crippen LogP) is 5.79. The van der Waals surface area contributed by atoms with Crippen molar-refractivity contribution in [1.29, 1.82) is 0 Å². The average Bonchev–Trinajstić information content (AvgIpc) is 2.58. The molecule has 1 aromatic carbocycles. The highest BCUT2D eigenvalue weighted by Gasteiger charge is 2.34. The second-order valence-electron chi connectivity index (χ2n) is 7.89. The predicted molar refractivity (Wildman–Crippen MR) is 126 cm³/mol. The summed E-state index contributed by atoms with van der Waals surface area (Å²) in [4.78, 5) is 0. The van der Waals surface area contributed by atoms with Crippen LogP contribution in [0.15, 0.2) is 41.7 Å². The van der Waals surface area contributed by atoms with Gasteiger partial charge in [0.1, 0.15) is 5.76 Å². The topological polar surface area (TPSA) is 32.3 Å². The molecular weight excluding hydrogens is 452 g/mol. The van der Waals surface area contributed by atoms with Crippen molar-refractivity contribution in [2.45, 2.75) is 69.6 Å². The molecule has 1 aliphatic rings. The lowest BCUT2D eigenvalue weighted by Gasteiger charge is -2.36. The zero-order chi connectivity index (χ0) is 19.5. The van der Waals surface area contributed by atoms with Gasteiger partial charge < -0.3 is 10.4 Å².